The molecule has 1 amide bonds. The fraction of sp³-hybridized carbons (Fsp3) is 0.167. The van der Waals surface area contributed by atoms with Gasteiger partial charge in [0.25, 0.3) is 0 Å². The number of fused-ring (bicyclic) bond motifs is 1. The average Bonchev–Trinajstić information content (AvgIpc) is 3.26. The molecule has 33 heavy (non-hydrogen) atoms. The molecule has 8 nitrogen and oxygen atoms in total. The number of anilines is 1. The highest BCUT2D eigenvalue weighted by atomic mass is 35.5. The van der Waals surface area contributed by atoms with E-state index in [-0.39, 0.29) is 17.7 Å². The summed E-state index contributed by atoms with van der Waals surface area (Å²) in [6.07, 6.45) is 6.65. The smallest absolute Gasteiger partial charge is 0.356 e. The van der Waals surface area contributed by atoms with Crippen LogP contribution in [0.4, 0.5) is 5.82 Å². The van der Waals surface area contributed by atoms with Crippen LogP contribution in [0, 0.1) is 0 Å². The van der Waals surface area contributed by atoms with Crippen LogP contribution in [0.1, 0.15) is 21.6 Å². The van der Waals surface area contributed by atoms with E-state index in [2.05, 4.69) is 20.0 Å². The monoisotopic (exact) mass is 464 g/mol. The molecule has 0 spiro atoms. The van der Waals surface area contributed by atoms with E-state index in [1.165, 1.54) is 13.2 Å². The van der Waals surface area contributed by atoms with Crippen LogP contribution < -0.4 is 15.8 Å². The van der Waals surface area contributed by atoms with Gasteiger partial charge in [0.15, 0.2) is 0 Å². The fourth-order valence-electron chi connectivity index (χ4n) is 3.42. The number of carbonyl (C=O) groups excluding carboxylic acids is 2. The number of hydrogen-bond acceptors (Lipinski definition) is 7. The minimum absolute atomic E-state index is 0.231. The van der Waals surface area contributed by atoms with Gasteiger partial charge in [-0.1, -0.05) is 17.7 Å². The Balaban J connectivity index is 1.38. The van der Waals surface area contributed by atoms with E-state index in [4.69, 9.17) is 22.1 Å². The number of esters is 1. The molecule has 4 rings (SSSR count). The molecule has 9 heteroatoms. The highest BCUT2D eigenvalue weighted by molar-refractivity contribution is 6.32. The van der Waals surface area contributed by atoms with E-state index in [0.717, 1.165) is 22.3 Å². The second-order valence-electron chi connectivity index (χ2n) is 7.41. The van der Waals surface area contributed by atoms with Crippen molar-refractivity contribution in [1.29, 1.82) is 0 Å². The Bertz CT molecular complexity index is 1210. The second kappa shape index (κ2) is 9.70. The number of pyridine rings is 2. The molecule has 0 saturated heterocycles. The van der Waals surface area contributed by atoms with Gasteiger partial charge in [-0.05, 0) is 47.5 Å². The van der Waals surface area contributed by atoms with Crippen molar-refractivity contribution in [3.63, 3.8) is 0 Å². The van der Waals surface area contributed by atoms with Crippen LogP contribution in [0.2, 0.25) is 5.02 Å². The van der Waals surface area contributed by atoms with Gasteiger partial charge in [0, 0.05) is 36.0 Å². The number of nitrogens with two attached hydrogens (primary N) is 1. The SMILES string of the molecule is COC(=O)c1ccc(-c2cc(Cl)c3c(c2)CC(CNC(=O)C=Cc2ccc(N)nc2)O3)cn1. The summed E-state index contributed by atoms with van der Waals surface area (Å²) >= 11 is 6.45. The number of nitrogen functional groups attached to an aromatic ring is 1. The molecule has 3 heterocycles. The molecular weight excluding hydrogens is 444 g/mol. The quantitative estimate of drug-likeness (QED) is 0.424. The maximum atomic E-state index is 12.2. The fourth-order valence-corrected chi connectivity index (χ4v) is 3.70. The molecule has 0 aliphatic carbocycles. The Morgan fingerprint density at radius 3 is 2.76 bits per heavy atom. The molecule has 0 fully saturated rings. The van der Waals surface area contributed by atoms with Gasteiger partial charge >= 0.3 is 5.97 Å². The zero-order valence-corrected chi connectivity index (χ0v) is 18.5. The van der Waals surface area contributed by atoms with E-state index >= 15 is 0 Å². The molecule has 0 bridgehead atoms. The van der Waals surface area contributed by atoms with E-state index in [0.29, 0.717) is 29.6 Å². The zero-order valence-electron chi connectivity index (χ0n) is 17.7. The molecule has 2 aromatic heterocycles. The normalized spacial score (nSPS) is 14.5. The van der Waals surface area contributed by atoms with Gasteiger partial charge in [0.1, 0.15) is 23.4 Å². The van der Waals surface area contributed by atoms with Crippen LogP contribution in [0.25, 0.3) is 17.2 Å². The van der Waals surface area contributed by atoms with Crippen molar-refractivity contribution in [2.75, 3.05) is 19.4 Å². The van der Waals surface area contributed by atoms with Crippen molar-refractivity contribution in [3.8, 4) is 16.9 Å². The van der Waals surface area contributed by atoms with Crippen molar-refractivity contribution in [1.82, 2.24) is 15.3 Å². The first-order valence-corrected chi connectivity index (χ1v) is 10.5. The zero-order chi connectivity index (χ0) is 23.4. The number of methoxy groups -OCH3 is 1. The standard InChI is InChI=1S/C24H21ClN4O4/c1-32-24(31)20-5-4-15(12-27-20)16-8-17-9-18(33-23(17)19(25)10-16)13-29-22(30)7-3-14-2-6-21(26)28-11-14/h2-8,10-12,18H,9,13H2,1H3,(H2,26,28)(H,29,30). The predicted octanol–water partition coefficient (Wildman–Crippen LogP) is 3.30. The highest BCUT2D eigenvalue weighted by Crippen LogP contribution is 2.39. The topological polar surface area (TPSA) is 116 Å². The first-order valence-electron chi connectivity index (χ1n) is 10.1. The summed E-state index contributed by atoms with van der Waals surface area (Å²) < 4.78 is 10.6. The van der Waals surface area contributed by atoms with Crippen LogP contribution in [0.5, 0.6) is 5.75 Å². The first kappa shape index (κ1) is 22.3. The molecular formula is C24H21ClN4O4. The molecule has 3 aromatic rings. The molecule has 0 radical (unpaired) electrons. The summed E-state index contributed by atoms with van der Waals surface area (Å²) in [5.74, 6) is 0.301. The van der Waals surface area contributed by atoms with E-state index in [1.54, 1.807) is 48.8 Å². The number of carbonyl (C=O) groups is 2. The minimum Gasteiger partial charge on any atom is -0.486 e. The third-order valence-electron chi connectivity index (χ3n) is 5.08. The largest absolute Gasteiger partial charge is 0.486 e. The van der Waals surface area contributed by atoms with Crippen molar-refractivity contribution in [3.05, 3.63) is 76.7 Å². The van der Waals surface area contributed by atoms with Gasteiger partial charge < -0.3 is 20.5 Å². The van der Waals surface area contributed by atoms with E-state index in [9.17, 15) is 9.59 Å². The summed E-state index contributed by atoms with van der Waals surface area (Å²) in [5.41, 5.74) is 9.17. The van der Waals surface area contributed by atoms with Crippen LogP contribution in [-0.2, 0) is 16.0 Å². The Hall–Kier alpha value is -3.91. The molecule has 1 unspecified atom stereocenters. The molecule has 168 valence electrons. The van der Waals surface area contributed by atoms with E-state index in [1.807, 2.05) is 6.07 Å². The molecule has 0 saturated carbocycles. The summed E-state index contributed by atoms with van der Waals surface area (Å²) in [7, 11) is 1.31. The maximum Gasteiger partial charge on any atom is 0.356 e. The predicted molar refractivity (Wildman–Crippen MR) is 125 cm³/mol. The summed E-state index contributed by atoms with van der Waals surface area (Å²) in [4.78, 5) is 31.9. The Morgan fingerprint density at radius 1 is 1.21 bits per heavy atom. The lowest BCUT2D eigenvalue weighted by atomic mass is 10.0. The van der Waals surface area contributed by atoms with Gasteiger partial charge in [-0.2, -0.15) is 0 Å². The minimum atomic E-state index is -0.494. The number of nitrogens with zero attached hydrogens (tertiary/aromatic N) is 2. The number of hydrogen-bond donors (Lipinski definition) is 2. The van der Waals surface area contributed by atoms with Crippen LogP contribution in [-0.4, -0.2) is 41.6 Å². The lowest BCUT2D eigenvalue weighted by molar-refractivity contribution is -0.116. The molecule has 1 aliphatic heterocycles. The van der Waals surface area contributed by atoms with Gasteiger partial charge in [-0.15, -0.1) is 0 Å². The van der Waals surface area contributed by atoms with Gasteiger partial charge in [-0.25, -0.2) is 14.8 Å². The van der Waals surface area contributed by atoms with Crippen molar-refractivity contribution < 1.29 is 19.1 Å². The first-order chi connectivity index (χ1) is 15.9. The molecule has 3 N–H and O–H groups in total. The van der Waals surface area contributed by atoms with Gasteiger partial charge in [0.05, 0.1) is 18.7 Å². The van der Waals surface area contributed by atoms with Crippen molar-refractivity contribution in [2.24, 2.45) is 0 Å². The number of amides is 1. The number of rotatable bonds is 6. The van der Waals surface area contributed by atoms with Crippen LogP contribution in [0.15, 0.2) is 54.9 Å². The van der Waals surface area contributed by atoms with Crippen molar-refractivity contribution in [2.45, 2.75) is 12.5 Å². The second-order valence-corrected chi connectivity index (χ2v) is 7.82. The number of halogens is 1. The summed E-state index contributed by atoms with van der Waals surface area (Å²) in [5, 5.41) is 3.31. The Kier molecular flexibility index (Phi) is 6.55. The van der Waals surface area contributed by atoms with Crippen LogP contribution >= 0.6 is 11.6 Å². The number of aromatic nitrogens is 2. The lowest BCUT2D eigenvalue weighted by Gasteiger charge is -2.11. The van der Waals surface area contributed by atoms with Gasteiger partial charge in [0.2, 0.25) is 5.91 Å². The summed E-state index contributed by atoms with van der Waals surface area (Å²) in [6, 6.07) is 10.6. The van der Waals surface area contributed by atoms with Gasteiger partial charge in [-0.3, -0.25) is 4.79 Å². The lowest BCUT2D eigenvalue weighted by Crippen LogP contribution is -2.33. The third-order valence-corrected chi connectivity index (χ3v) is 5.37. The van der Waals surface area contributed by atoms with E-state index < -0.39 is 5.97 Å². The number of nitrogens with one attached hydrogen (secondary N) is 1. The molecule has 1 atom stereocenters. The molecule has 1 aromatic carbocycles. The maximum absolute atomic E-state index is 12.2. The Morgan fingerprint density at radius 2 is 2.06 bits per heavy atom. The number of ether oxygens (including phenoxy) is 2. The highest BCUT2D eigenvalue weighted by Gasteiger charge is 2.26. The third kappa shape index (κ3) is 5.30. The Labute approximate surface area is 195 Å². The average molecular weight is 465 g/mol. The van der Waals surface area contributed by atoms with Crippen molar-refractivity contribution >= 4 is 35.4 Å². The van der Waals surface area contributed by atoms with Crippen LogP contribution in [0.3, 0.4) is 0 Å². The number of benzene rings is 1. The summed E-state index contributed by atoms with van der Waals surface area (Å²) in [6.45, 7) is 0.332. The molecule has 1 aliphatic rings.